The van der Waals surface area contributed by atoms with Crippen molar-refractivity contribution < 1.29 is 9.90 Å². The first-order valence-corrected chi connectivity index (χ1v) is 9.01. The Morgan fingerprint density at radius 1 is 1.09 bits per heavy atom. The van der Waals surface area contributed by atoms with Gasteiger partial charge in [0.1, 0.15) is 5.75 Å². The van der Waals surface area contributed by atoms with Crippen LogP contribution in [0, 0.1) is 17.8 Å². The predicted octanol–water partition coefficient (Wildman–Crippen LogP) is 2.87. The lowest BCUT2D eigenvalue weighted by atomic mass is 9.86. The summed E-state index contributed by atoms with van der Waals surface area (Å²) in [6.07, 6.45) is 6.17. The lowest BCUT2D eigenvalue weighted by molar-refractivity contribution is -0.132. The van der Waals surface area contributed by atoms with E-state index in [-0.39, 0.29) is 0 Å². The smallest absolute Gasteiger partial charge is 0.222 e. The molecule has 1 heterocycles. The van der Waals surface area contributed by atoms with Crippen LogP contribution >= 0.6 is 0 Å². The fourth-order valence-electron chi connectivity index (χ4n) is 4.91. The number of anilines is 1. The average Bonchev–Trinajstić information content (AvgIpc) is 3.18. The van der Waals surface area contributed by atoms with Crippen LogP contribution in [0.1, 0.15) is 32.1 Å². The third-order valence-electron chi connectivity index (χ3n) is 6.18. The SMILES string of the molecule is O=C(CC1CC2CCC1C2)N1CCN(c2ccccc2O)CC1. The van der Waals surface area contributed by atoms with Crippen LogP contribution in [0.4, 0.5) is 5.69 Å². The third-order valence-corrected chi connectivity index (χ3v) is 6.18. The lowest BCUT2D eigenvalue weighted by Gasteiger charge is -2.37. The first-order valence-electron chi connectivity index (χ1n) is 9.01. The second-order valence-electron chi connectivity index (χ2n) is 7.50. The largest absolute Gasteiger partial charge is 0.506 e. The Morgan fingerprint density at radius 2 is 1.87 bits per heavy atom. The highest BCUT2D eigenvalue weighted by Gasteiger charge is 2.40. The van der Waals surface area contributed by atoms with E-state index < -0.39 is 0 Å². The van der Waals surface area contributed by atoms with Crippen LogP contribution in [0.3, 0.4) is 0 Å². The van der Waals surface area contributed by atoms with Crippen LogP contribution < -0.4 is 4.90 Å². The number of amides is 1. The van der Waals surface area contributed by atoms with Gasteiger partial charge < -0.3 is 14.9 Å². The molecule has 0 radical (unpaired) electrons. The number of carbonyl (C=O) groups excluding carboxylic acids is 1. The summed E-state index contributed by atoms with van der Waals surface area (Å²) in [5.74, 6) is 3.06. The molecule has 3 atom stereocenters. The molecule has 0 aromatic heterocycles. The molecule has 1 aliphatic heterocycles. The molecule has 124 valence electrons. The quantitative estimate of drug-likeness (QED) is 0.933. The summed E-state index contributed by atoms with van der Waals surface area (Å²) in [6, 6.07) is 7.46. The number of fused-ring (bicyclic) bond motifs is 2. The summed E-state index contributed by atoms with van der Waals surface area (Å²) >= 11 is 0. The summed E-state index contributed by atoms with van der Waals surface area (Å²) in [6.45, 7) is 3.15. The van der Waals surface area contributed by atoms with Crippen molar-refractivity contribution in [3.63, 3.8) is 0 Å². The number of aromatic hydroxyl groups is 1. The summed E-state index contributed by atoms with van der Waals surface area (Å²) in [5, 5.41) is 9.97. The topological polar surface area (TPSA) is 43.8 Å². The molecule has 1 aromatic rings. The predicted molar refractivity (Wildman–Crippen MR) is 90.5 cm³/mol. The molecule has 2 aliphatic carbocycles. The van der Waals surface area contributed by atoms with Gasteiger partial charge in [0.2, 0.25) is 5.91 Å². The summed E-state index contributed by atoms with van der Waals surface area (Å²) < 4.78 is 0. The number of phenolic OH excluding ortho intramolecular Hbond substituents is 1. The fraction of sp³-hybridized carbons (Fsp3) is 0.632. The molecule has 3 fully saturated rings. The Balaban J connectivity index is 1.31. The molecule has 1 amide bonds. The number of hydrogen-bond donors (Lipinski definition) is 1. The third kappa shape index (κ3) is 2.91. The number of para-hydroxylation sites is 2. The first kappa shape index (κ1) is 14.9. The van der Waals surface area contributed by atoms with Crippen molar-refractivity contribution in [1.82, 2.24) is 4.90 Å². The van der Waals surface area contributed by atoms with E-state index in [1.807, 2.05) is 23.1 Å². The van der Waals surface area contributed by atoms with Gasteiger partial charge >= 0.3 is 0 Å². The van der Waals surface area contributed by atoms with Crippen LogP contribution in [-0.2, 0) is 4.79 Å². The second kappa shape index (κ2) is 6.06. The Morgan fingerprint density at radius 3 is 2.52 bits per heavy atom. The second-order valence-corrected chi connectivity index (χ2v) is 7.50. The Bertz CT molecular complexity index is 580. The zero-order valence-corrected chi connectivity index (χ0v) is 13.7. The van der Waals surface area contributed by atoms with Crippen molar-refractivity contribution in [3.8, 4) is 5.75 Å². The molecule has 1 aromatic carbocycles. The summed E-state index contributed by atoms with van der Waals surface area (Å²) in [5.41, 5.74) is 0.882. The van der Waals surface area contributed by atoms with E-state index in [9.17, 15) is 9.90 Å². The molecule has 23 heavy (non-hydrogen) atoms. The van der Waals surface area contributed by atoms with E-state index >= 15 is 0 Å². The van der Waals surface area contributed by atoms with Gasteiger partial charge in [-0.2, -0.15) is 0 Å². The van der Waals surface area contributed by atoms with Gasteiger partial charge in [0.05, 0.1) is 5.69 Å². The molecule has 1 N–H and O–H groups in total. The van der Waals surface area contributed by atoms with Gasteiger partial charge in [0.15, 0.2) is 0 Å². The fourth-order valence-corrected chi connectivity index (χ4v) is 4.91. The van der Waals surface area contributed by atoms with E-state index in [0.29, 0.717) is 17.6 Å². The van der Waals surface area contributed by atoms with Crippen LogP contribution in [0.25, 0.3) is 0 Å². The van der Waals surface area contributed by atoms with E-state index in [4.69, 9.17) is 0 Å². The van der Waals surface area contributed by atoms with Crippen LogP contribution in [-0.4, -0.2) is 42.1 Å². The molecule has 1 saturated heterocycles. The number of rotatable bonds is 3. The van der Waals surface area contributed by atoms with Crippen LogP contribution in [0.15, 0.2) is 24.3 Å². The van der Waals surface area contributed by atoms with E-state index in [0.717, 1.165) is 50.1 Å². The molecule has 2 saturated carbocycles. The standard InChI is InChI=1S/C19H26N2O2/c22-18-4-2-1-3-17(18)20-7-9-21(10-8-20)19(23)13-16-12-14-5-6-15(16)11-14/h1-4,14-16,22H,5-13H2. The van der Waals surface area contributed by atoms with Crippen molar-refractivity contribution in [1.29, 1.82) is 0 Å². The maximum atomic E-state index is 12.6. The van der Waals surface area contributed by atoms with E-state index in [1.54, 1.807) is 6.07 Å². The van der Waals surface area contributed by atoms with Gasteiger partial charge in [-0.3, -0.25) is 4.79 Å². The highest BCUT2D eigenvalue weighted by molar-refractivity contribution is 5.77. The minimum absolute atomic E-state index is 0.328. The zero-order chi connectivity index (χ0) is 15.8. The molecular weight excluding hydrogens is 288 g/mol. The number of piperazine rings is 1. The van der Waals surface area contributed by atoms with Crippen molar-refractivity contribution in [2.24, 2.45) is 17.8 Å². The van der Waals surface area contributed by atoms with Crippen molar-refractivity contribution in [2.75, 3.05) is 31.1 Å². The first-order chi connectivity index (χ1) is 11.2. The number of nitrogens with zero attached hydrogens (tertiary/aromatic N) is 2. The van der Waals surface area contributed by atoms with E-state index in [1.165, 1.54) is 25.7 Å². The number of hydrogen-bond acceptors (Lipinski definition) is 3. The van der Waals surface area contributed by atoms with Gasteiger partial charge in [0, 0.05) is 32.6 Å². The molecular formula is C19H26N2O2. The molecule has 4 heteroatoms. The van der Waals surface area contributed by atoms with Crippen LogP contribution in [0.5, 0.6) is 5.75 Å². The molecule has 2 bridgehead atoms. The van der Waals surface area contributed by atoms with Gasteiger partial charge in [-0.05, 0) is 49.1 Å². The van der Waals surface area contributed by atoms with Crippen molar-refractivity contribution in [3.05, 3.63) is 24.3 Å². The van der Waals surface area contributed by atoms with E-state index in [2.05, 4.69) is 4.90 Å². The number of benzene rings is 1. The van der Waals surface area contributed by atoms with Gasteiger partial charge in [-0.15, -0.1) is 0 Å². The molecule has 3 aliphatic rings. The lowest BCUT2D eigenvalue weighted by Crippen LogP contribution is -2.49. The van der Waals surface area contributed by atoms with Gasteiger partial charge in [-0.1, -0.05) is 18.6 Å². The van der Waals surface area contributed by atoms with Gasteiger partial charge in [0.25, 0.3) is 0 Å². The Labute approximate surface area is 138 Å². The molecule has 0 spiro atoms. The maximum absolute atomic E-state index is 12.6. The minimum atomic E-state index is 0.328. The van der Waals surface area contributed by atoms with Crippen molar-refractivity contribution in [2.45, 2.75) is 32.1 Å². The Hall–Kier alpha value is -1.71. The van der Waals surface area contributed by atoms with Crippen molar-refractivity contribution >= 4 is 11.6 Å². The minimum Gasteiger partial charge on any atom is -0.506 e. The highest BCUT2D eigenvalue weighted by Crippen LogP contribution is 2.49. The summed E-state index contributed by atoms with van der Waals surface area (Å²) in [4.78, 5) is 16.8. The maximum Gasteiger partial charge on any atom is 0.222 e. The normalized spacial score (nSPS) is 30.0. The molecule has 4 rings (SSSR count). The molecule has 3 unspecified atom stereocenters. The highest BCUT2D eigenvalue weighted by atomic mass is 16.3. The van der Waals surface area contributed by atoms with Gasteiger partial charge in [-0.25, -0.2) is 0 Å². The average molecular weight is 314 g/mol. The summed E-state index contributed by atoms with van der Waals surface area (Å²) in [7, 11) is 0. The Kier molecular flexibility index (Phi) is 3.92. The number of phenols is 1. The molecule has 4 nitrogen and oxygen atoms in total. The zero-order valence-electron chi connectivity index (χ0n) is 13.7. The number of carbonyl (C=O) groups is 1. The van der Waals surface area contributed by atoms with Crippen LogP contribution in [0.2, 0.25) is 0 Å². The monoisotopic (exact) mass is 314 g/mol.